The second kappa shape index (κ2) is 8.95. The molecule has 4 rings (SSSR count). The topological polar surface area (TPSA) is 78.5 Å². The van der Waals surface area contributed by atoms with Gasteiger partial charge in [-0.2, -0.15) is 0 Å². The predicted molar refractivity (Wildman–Crippen MR) is 119 cm³/mol. The lowest BCUT2D eigenvalue weighted by Crippen LogP contribution is -2.52. The maximum atomic E-state index is 12.9. The lowest BCUT2D eigenvalue weighted by Gasteiger charge is -2.35. The summed E-state index contributed by atoms with van der Waals surface area (Å²) in [4.78, 5) is 38.2. The van der Waals surface area contributed by atoms with Crippen LogP contribution in [0.5, 0.6) is 0 Å². The zero-order valence-electron chi connectivity index (χ0n) is 18.6. The van der Waals surface area contributed by atoms with Crippen LogP contribution in [0.4, 0.5) is 0 Å². The molecule has 2 unspecified atom stereocenters. The molecule has 2 heterocycles. The summed E-state index contributed by atoms with van der Waals surface area (Å²) < 4.78 is 0. The minimum Gasteiger partial charge on any atom is -0.322 e. The van der Waals surface area contributed by atoms with Crippen molar-refractivity contribution in [2.75, 3.05) is 0 Å². The molecule has 31 heavy (non-hydrogen) atoms. The lowest BCUT2D eigenvalue weighted by molar-refractivity contribution is -0.136. The molecular formula is C25H33N3O3. The molecule has 1 saturated carbocycles. The van der Waals surface area contributed by atoms with E-state index in [0.717, 1.165) is 17.6 Å². The van der Waals surface area contributed by atoms with Crippen molar-refractivity contribution >= 4 is 17.7 Å². The van der Waals surface area contributed by atoms with Crippen molar-refractivity contribution in [1.29, 1.82) is 0 Å². The van der Waals surface area contributed by atoms with Crippen LogP contribution in [0.3, 0.4) is 0 Å². The molecule has 6 nitrogen and oxygen atoms in total. The monoisotopic (exact) mass is 423 g/mol. The number of carbonyl (C=O) groups is 3. The second-order valence-electron chi connectivity index (χ2n) is 9.48. The van der Waals surface area contributed by atoms with E-state index in [2.05, 4.69) is 43.2 Å². The summed E-state index contributed by atoms with van der Waals surface area (Å²) in [6.07, 6.45) is 6.58. The molecule has 0 radical (unpaired) electrons. The van der Waals surface area contributed by atoms with Gasteiger partial charge in [-0.05, 0) is 62.6 Å². The molecule has 1 saturated heterocycles. The van der Waals surface area contributed by atoms with Crippen molar-refractivity contribution in [2.45, 2.75) is 83.5 Å². The van der Waals surface area contributed by atoms with Crippen LogP contribution < -0.4 is 10.6 Å². The molecule has 0 bridgehead atoms. The highest BCUT2D eigenvalue weighted by Crippen LogP contribution is 2.32. The van der Waals surface area contributed by atoms with Gasteiger partial charge in [0.05, 0.1) is 0 Å². The summed E-state index contributed by atoms with van der Waals surface area (Å²) in [6.45, 7) is 8.77. The van der Waals surface area contributed by atoms with Crippen molar-refractivity contribution in [3.05, 3.63) is 47.0 Å². The molecule has 0 aromatic heterocycles. The third-order valence-electron chi connectivity index (χ3n) is 7.20. The van der Waals surface area contributed by atoms with E-state index in [4.69, 9.17) is 0 Å². The van der Waals surface area contributed by atoms with Crippen LogP contribution in [-0.2, 0) is 22.6 Å². The SMILES string of the molecule is C=C(C)C(C)N[C@H]1CCCC[C@@H]1Cc1ccc2c(c1)CN(C1CCC(=O)NC1=O)C2=O. The first-order valence-corrected chi connectivity index (χ1v) is 11.5. The van der Waals surface area contributed by atoms with Gasteiger partial charge in [-0.25, -0.2) is 0 Å². The van der Waals surface area contributed by atoms with Gasteiger partial charge in [0.25, 0.3) is 5.91 Å². The van der Waals surface area contributed by atoms with Gasteiger partial charge in [-0.1, -0.05) is 37.1 Å². The summed E-state index contributed by atoms with van der Waals surface area (Å²) in [7, 11) is 0. The van der Waals surface area contributed by atoms with Gasteiger partial charge in [-0.15, -0.1) is 0 Å². The predicted octanol–water partition coefficient (Wildman–Crippen LogP) is 3.10. The van der Waals surface area contributed by atoms with E-state index in [9.17, 15) is 14.4 Å². The number of carbonyl (C=O) groups excluding carboxylic acids is 3. The number of benzene rings is 1. The molecule has 3 aliphatic rings. The van der Waals surface area contributed by atoms with Crippen LogP contribution in [0.15, 0.2) is 30.4 Å². The van der Waals surface area contributed by atoms with Crippen LogP contribution in [0.2, 0.25) is 0 Å². The Hall–Kier alpha value is -2.47. The van der Waals surface area contributed by atoms with Crippen LogP contribution >= 0.6 is 0 Å². The first-order chi connectivity index (χ1) is 14.8. The molecule has 4 atom stereocenters. The largest absolute Gasteiger partial charge is 0.322 e. The Kier molecular flexibility index (Phi) is 6.28. The highest BCUT2D eigenvalue weighted by atomic mass is 16.2. The van der Waals surface area contributed by atoms with Crippen LogP contribution in [0.25, 0.3) is 0 Å². The minimum absolute atomic E-state index is 0.108. The summed E-state index contributed by atoms with van der Waals surface area (Å²) in [5, 5.41) is 6.14. The second-order valence-corrected chi connectivity index (χ2v) is 9.48. The molecular weight excluding hydrogens is 390 g/mol. The van der Waals surface area contributed by atoms with Gasteiger partial charge in [-0.3, -0.25) is 19.7 Å². The number of amides is 3. The quantitative estimate of drug-likeness (QED) is 0.544. The number of hydrogen-bond acceptors (Lipinski definition) is 4. The normalized spacial score (nSPS) is 27.1. The highest BCUT2D eigenvalue weighted by molar-refractivity contribution is 6.05. The lowest BCUT2D eigenvalue weighted by atomic mass is 9.80. The van der Waals surface area contributed by atoms with Crippen LogP contribution in [0.1, 0.15) is 73.9 Å². The van der Waals surface area contributed by atoms with E-state index in [0.29, 0.717) is 36.5 Å². The molecule has 1 aromatic rings. The number of hydrogen-bond donors (Lipinski definition) is 2. The molecule has 1 aromatic carbocycles. The van der Waals surface area contributed by atoms with Gasteiger partial charge in [0.15, 0.2) is 0 Å². The van der Waals surface area contributed by atoms with Crippen LogP contribution in [-0.4, -0.2) is 40.7 Å². The standard InChI is InChI=1S/C25H33N3O3/c1-15(2)16(3)26-21-7-5-4-6-18(21)12-17-8-9-20-19(13-17)14-28(25(20)31)22-10-11-23(29)27-24(22)30/h8-9,13,16,18,21-22,26H,1,4-7,10-12,14H2,2-3H3,(H,27,29,30)/t16?,18-,21+,22?/m1/s1. The Morgan fingerprint density at radius 1 is 1.23 bits per heavy atom. The van der Waals surface area contributed by atoms with E-state index >= 15 is 0 Å². The first kappa shape index (κ1) is 21.8. The number of nitrogens with zero attached hydrogens (tertiary/aromatic N) is 1. The Balaban J connectivity index is 1.46. The summed E-state index contributed by atoms with van der Waals surface area (Å²) >= 11 is 0. The number of piperidine rings is 1. The Morgan fingerprint density at radius 2 is 2.00 bits per heavy atom. The molecule has 6 heteroatoms. The summed E-state index contributed by atoms with van der Waals surface area (Å²) in [5.41, 5.74) is 4.08. The van der Waals surface area contributed by atoms with Crippen LogP contribution in [0, 0.1) is 5.92 Å². The first-order valence-electron chi connectivity index (χ1n) is 11.5. The van der Waals surface area contributed by atoms with Crippen molar-refractivity contribution < 1.29 is 14.4 Å². The van der Waals surface area contributed by atoms with Gasteiger partial charge in [0, 0.05) is 30.6 Å². The Labute approximate surface area is 184 Å². The van der Waals surface area contributed by atoms with Crippen molar-refractivity contribution in [2.24, 2.45) is 5.92 Å². The molecule has 166 valence electrons. The van der Waals surface area contributed by atoms with Crippen molar-refractivity contribution in [1.82, 2.24) is 15.5 Å². The van der Waals surface area contributed by atoms with E-state index in [1.165, 1.54) is 31.2 Å². The fourth-order valence-electron chi connectivity index (χ4n) is 5.19. The van der Waals surface area contributed by atoms with E-state index in [1.807, 2.05) is 6.07 Å². The zero-order valence-corrected chi connectivity index (χ0v) is 18.6. The average Bonchev–Trinajstić information content (AvgIpc) is 3.05. The van der Waals surface area contributed by atoms with E-state index < -0.39 is 6.04 Å². The molecule has 2 fully saturated rings. The van der Waals surface area contributed by atoms with Crippen molar-refractivity contribution in [3.8, 4) is 0 Å². The highest BCUT2D eigenvalue weighted by Gasteiger charge is 2.39. The van der Waals surface area contributed by atoms with Gasteiger partial charge < -0.3 is 10.2 Å². The summed E-state index contributed by atoms with van der Waals surface area (Å²) in [5.74, 6) is -0.162. The minimum atomic E-state index is -0.559. The Bertz CT molecular complexity index is 909. The molecule has 1 aliphatic carbocycles. The fourth-order valence-corrected chi connectivity index (χ4v) is 5.19. The maximum absolute atomic E-state index is 12.9. The van der Waals surface area contributed by atoms with Gasteiger partial charge in [0.2, 0.25) is 11.8 Å². The molecule has 2 aliphatic heterocycles. The Morgan fingerprint density at radius 3 is 2.74 bits per heavy atom. The number of rotatable bonds is 6. The number of nitrogens with one attached hydrogen (secondary N) is 2. The number of imide groups is 1. The molecule has 0 spiro atoms. The third kappa shape index (κ3) is 4.59. The number of fused-ring (bicyclic) bond motifs is 1. The van der Waals surface area contributed by atoms with E-state index in [1.54, 1.807) is 4.90 Å². The smallest absolute Gasteiger partial charge is 0.255 e. The average molecular weight is 424 g/mol. The third-order valence-corrected chi connectivity index (χ3v) is 7.20. The zero-order chi connectivity index (χ0) is 22.1. The van der Waals surface area contributed by atoms with Gasteiger partial charge >= 0.3 is 0 Å². The maximum Gasteiger partial charge on any atom is 0.255 e. The summed E-state index contributed by atoms with van der Waals surface area (Å²) in [6, 6.07) is 6.36. The fraction of sp³-hybridized carbons (Fsp3) is 0.560. The molecule has 2 N–H and O–H groups in total. The molecule has 3 amide bonds. The van der Waals surface area contributed by atoms with E-state index in [-0.39, 0.29) is 24.1 Å². The van der Waals surface area contributed by atoms with Crippen molar-refractivity contribution in [3.63, 3.8) is 0 Å². The van der Waals surface area contributed by atoms with Gasteiger partial charge in [0.1, 0.15) is 6.04 Å².